The van der Waals surface area contributed by atoms with Crippen LogP contribution in [-0.4, -0.2) is 5.78 Å². The summed E-state index contributed by atoms with van der Waals surface area (Å²) in [6.07, 6.45) is 6.98. The second-order valence-corrected chi connectivity index (χ2v) is 5.05. The lowest BCUT2D eigenvalue weighted by Gasteiger charge is -1.99. The van der Waals surface area contributed by atoms with E-state index in [0.717, 1.165) is 18.4 Å². The van der Waals surface area contributed by atoms with Crippen molar-refractivity contribution in [2.45, 2.75) is 26.2 Å². The third kappa shape index (κ3) is 4.85. The van der Waals surface area contributed by atoms with Crippen LogP contribution in [0.4, 0.5) is 0 Å². The lowest BCUT2D eigenvalue weighted by Crippen LogP contribution is -1.95. The molecule has 0 spiro atoms. The van der Waals surface area contributed by atoms with E-state index in [1.807, 2.05) is 18.2 Å². The van der Waals surface area contributed by atoms with Gasteiger partial charge in [0.25, 0.3) is 0 Å². The Morgan fingerprint density at radius 3 is 2.30 bits per heavy atom. The summed E-state index contributed by atoms with van der Waals surface area (Å²) in [5, 5.41) is 0. The van der Waals surface area contributed by atoms with Crippen molar-refractivity contribution >= 4 is 11.9 Å². The molecule has 0 unspecified atom stereocenters. The minimum Gasteiger partial charge on any atom is -0.300 e. The summed E-state index contributed by atoms with van der Waals surface area (Å²) in [6.45, 7) is 1.62. The average Bonchev–Trinajstić information content (AvgIpc) is 2.46. The molecule has 1 heteroatoms. The van der Waals surface area contributed by atoms with Crippen LogP contribution in [0.2, 0.25) is 0 Å². The van der Waals surface area contributed by atoms with Crippen molar-refractivity contribution in [1.82, 2.24) is 0 Å². The summed E-state index contributed by atoms with van der Waals surface area (Å²) >= 11 is 0. The first-order chi connectivity index (χ1) is 9.74. The Hall–Kier alpha value is -2.15. The predicted octanol–water partition coefficient (Wildman–Crippen LogP) is 4.46. The van der Waals surface area contributed by atoms with E-state index in [-0.39, 0.29) is 5.78 Å². The Morgan fingerprint density at radius 2 is 1.65 bits per heavy atom. The molecule has 0 aliphatic rings. The minimum atomic E-state index is 0.205. The molecule has 2 aromatic carbocycles. The number of rotatable bonds is 6. The highest BCUT2D eigenvalue weighted by molar-refractivity contribution is 5.78. The Morgan fingerprint density at radius 1 is 0.950 bits per heavy atom. The third-order valence-electron chi connectivity index (χ3n) is 3.19. The molecule has 0 aliphatic carbocycles. The van der Waals surface area contributed by atoms with E-state index in [4.69, 9.17) is 0 Å². The van der Waals surface area contributed by atoms with Crippen molar-refractivity contribution in [3.63, 3.8) is 0 Å². The summed E-state index contributed by atoms with van der Waals surface area (Å²) in [7, 11) is 0. The first kappa shape index (κ1) is 14.3. The van der Waals surface area contributed by atoms with E-state index in [1.54, 1.807) is 6.92 Å². The van der Waals surface area contributed by atoms with Gasteiger partial charge in [-0.2, -0.15) is 0 Å². The van der Waals surface area contributed by atoms with Crippen molar-refractivity contribution in [2.24, 2.45) is 0 Å². The first-order valence-electron chi connectivity index (χ1n) is 7.03. The largest absolute Gasteiger partial charge is 0.300 e. The molecule has 0 N–H and O–H groups in total. The number of ketones is 1. The highest BCUT2D eigenvalue weighted by atomic mass is 16.1. The molecule has 0 saturated heterocycles. The van der Waals surface area contributed by atoms with Gasteiger partial charge in [0.2, 0.25) is 0 Å². The summed E-state index contributed by atoms with van der Waals surface area (Å²) in [5.41, 5.74) is 3.64. The van der Waals surface area contributed by atoms with Crippen LogP contribution in [0.1, 0.15) is 30.0 Å². The van der Waals surface area contributed by atoms with Gasteiger partial charge in [-0.3, -0.25) is 4.79 Å². The van der Waals surface area contributed by atoms with Crippen LogP contribution in [0.3, 0.4) is 0 Å². The number of carbonyl (C=O) groups excluding carboxylic acids is 1. The molecule has 0 atom stereocenters. The third-order valence-corrected chi connectivity index (χ3v) is 3.19. The number of benzene rings is 2. The number of aryl methyl sites for hydroxylation is 1. The molecule has 0 heterocycles. The zero-order chi connectivity index (χ0) is 14.2. The molecule has 0 aromatic heterocycles. The predicted molar refractivity (Wildman–Crippen MR) is 84.6 cm³/mol. The summed E-state index contributed by atoms with van der Waals surface area (Å²) in [4.78, 5) is 11.0. The van der Waals surface area contributed by atoms with Crippen LogP contribution >= 0.6 is 0 Å². The molecule has 1 nitrogen and oxygen atoms in total. The second kappa shape index (κ2) is 7.44. The standard InChI is InChI=1S/C19H20O/c1-16(20)15-19-13-11-18(12-14-19)10-6-5-9-17-7-3-2-4-8-17/h2-4,6-8,10-14H,5,9,15H2,1H3/b10-6+. The number of carbonyl (C=O) groups is 1. The number of Topliss-reactive ketones (excluding diaryl/α,β-unsaturated/α-hetero) is 1. The molecule has 2 rings (SSSR count). The Balaban J connectivity index is 1.83. The van der Waals surface area contributed by atoms with E-state index in [2.05, 4.69) is 48.6 Å². The van der Waals surface area contributed by atoms with Crippen LogP contribution in [0.5, 0.6) is 0 Å². The SMILES string of the molecule is CC(=O)Cc1ccc(/C=C/CCc2ccccc2)cc1. The normalized spacial score (nSPS) is 10.8. The maximum atomic E-state index is 11.0. The molecule has 0 saturated carbocycles. The maximum Gasteiger partial charge on any atom is 0.134 e. The Bertz CT molecular complexity index is 564. The van der Waals surface area contributed by atoms with Gasteiger partial charge in [-0.15, -0.1) is 0 Å². The van der Waals surface area contributed by atoms with Gasteiger partial charge in [0, 0.05) is 6.42 Å². The fraction of sp³-hybridized carbons (Fsp3) is 0.211. The van der Waals surface area contributed by atoms with Crippen molar-refractivity contribution in [2.75, 3.05) is 0 Å². The second-order valence-electron chi connectivity index (χ2n) is 5.05. The highest BCUT2D eigenvalue weighted by Gasteiger charge is 1.96. The van der Waals surface area contributed by atoms with E-state index in [9.17, 15) is 4.79 Å². The summed E-state index contributed by atoms with van der Waals surface area (Å²) in [5.74, 6) is 0.205. The molecule has 0 bridgehead atoms. The molecule has 2 aromatic rings. The minimum absolute atomic E-state index is 0.205. The van der Waals surface area contributed by atoms with Gasteiger partial charge in [-0.05, 0) is 36.5 Å². The number of hydrogen-bond donors (Lipinski definition) is 0. The fourth-order valence-corrected chi connectivity index (χ4v) is 2.15. The number of allylic oxidation sites excluding steroid dienone is 1. The van der Waals surface area contributed by atoms with Crippen LogP contribution in [0.25, 0.3) is 6.08 Å². The van der Waals surface area contributed by atoms with Crippen LogP contribution in [0, 0.1) is 0 Å². The van der Waals surface area contributed by atoms with Crippen molar-refractivity contribution < 1.29 is 4.79 Å². The van der Waals surface area contributed by atoms with Gasteiger partial charge in [0.15, 0.2) is 0 Å². The van der Waals surface area contributed by atoms with Gasteiger partial charge in [0.1, 0.15) is 5.78 Å². The van der Waals surface area contributed by atoms with Crippen LogP contribution in [0.15, 0.2) is 60.7 Å². The van der Waals surface area contributed by atoms with Gasteiger partial charge >= 0.3 is 0 Å². The smallest absolute Gasteiger partial charge is 0.134 e. The Labute approximate surface area is 121 Å². The molecule has 0 radical (unpaired) electrons. The van der Waals surface area contributed by atoms with E-state index in [0.29, 0.717) is 6.42 Å². The number of hydrogen-bond acceptors (Lipinski definition) is 1. The van der Waals surface area contributed by atoms with Crippen LogP contribution in [-0.2, 0) is 17.6 Å². The lowest BCUT2D eigenvalue weighted by atomic mass is 10.1. The zero-order valence-electron chi connectivity index (χ0n) is 11.9. The highest BCUT2D eigenvalue weighted by Crippen LogP contribution is 2.09. The van der Waals surface area contributed by atoms with Crippen molar-refractivity contribution in [3.05, 3.63) is 77.4 Å². The van der Waals surface area contributed by atoms with Crippen molar-refractivity contribution in [3.8, 4) is 0 Å². The zero-order valence-corrected chi connectivity index (χ0v) is 11.9. The van der Waals surface area contributed by atoms with E-state index >= 15 is 0 Å². The maximum absolute atomic E-state index is 11.0. The Kier molecular flexibility index (Phi) is 5.31. The van der Waals surface area contributed by atoms with Crippen molar-refractivity contribution in [1.29, 1.82) is 0 Å². The van der Waals surface area contributed by atoms with Gasteiger partial charge < -0.3 is 0 Å². The quantitative estimate of drug-likeness (QED) is 0.752. The topological polar surface area (TPSA) is 17.1 Å². The molecule has 0 aliphatic heterocycles. The monoisotopic (exact) mass is 264 g/mol. The van der Waals surface area contributed by atoms with Gasteiger partial charge in [0.05, 0.1) is 0 Å². The first-order valence-corrected chi connectivity index (χ1v) is 7.03. The van der Waals surface area contributed by atoms with Gasteiger partial charge in [-0.25, -0.2) is 0 Å². The van der Waals surface area contributed by atoms with Gasteiger partial charge in [-0.1, -0.05) is 66.7 Å². The molecular formula is C19H20O. The fourth-order valence-electron chi connectivity index (χ4n) is 2.15. The molecule has 20 heavy (non-hydrogen) atoms. The molecule has 0 amide bonds. The van der Waals surface area contributed by atoms with E-state index < -0.39 is 0 Å². The summed E-state index contributed by atoms with van der Waals surface area (Å²) in [6, 6.07) is 18.7. The summed E-state index contributed by atoms with van der Waals surface area (Å²) < 4.78 is 0. The van der Waals surface area contributed by atoms with E-state index in [1.165, 1.54) is 11.1 Å². The molecule has 102 valence electrons. The average molecular weight is 264 g/mol. The lowest BCUT2D eigenvalue weighted by molar-refractivity contribution is -0.116. The van der Waals surface area contributed by atoms with Crippen LogP contribution < -0.4 is 0 Å². The molecular weight excluding hydrogens is 244 g/mol. The molecule has 0 fully saturated rings.